The molecule has 2 unspecified atom stereocenters. The number of nitrogens with one attached hydrogen (secondary N) is 1. The van der Waals surface area contributed by atoms with E-state index in [-0.39, 0.29) is 18.5 Å². The number of allylic oxidation sites excluding steroid dienone is 6. The molecule has 0 spiro atoms. The number of carbonyl (C=O) groups is 2. The molecule has 6 nitrogen and oxygen atoms in total. The van der Waals surface area contributed by atoms with E-state index in [4.69, 9.17) is 4.74 Å². The molecule has 0 rings (SSSR count). The third kappa shape index (κ3) is 43.7. The Hall–Kier alpha value is -1.92. The maximum Gasteiger partial charge on any atom is 0.305 e. The molecule has 0 saturated carbocycles. The average molecular weight is 816 g/mol. The minimum atomic E-state index is -0.680. The molecule has 3 N–H and O–H groups in total. The molecule has 6 heteroatoms. The van der Waals surface area contributed by atoms with Crippen LogP contribution in [-0.4, -0.2) is 47.4 Å². The second-order valence-corrected chi connectivity index (χ2v) is 17.1. The summed E-state index contributed by atoms with van der Waals surface area (Å²) in [6.45, 7) is 4.85. The zero-order valence-electron chi connectivity index (χ0n) is 38.5. The van der Waals surface area contributed by atoms with Crippen LogP contribution in [0.1, 0.15) is 258 Å². The number of ether oxygens (including phenoxy) is 1. The van der Waals surface area contributed by atoms with Gasteiger partial charge in [-0.05, 0) is 89.9 Å². The van der Waals surface area contributed by atoms with E-state index in [1.807, 2.05) is 0 Å². The molecule has 0 fully saturated rings. The minimum absolute atomic E-state index is 0.0312. The first-order valence-electron chi connectivity index (χ1n) is 25.2. The average Bonchev–Trinajstić information content (AvgIpc) is 3.22. The second kappa shape index (κ2) is 47.8. The molecule has 58 heavy (non-hydrogen) atoms. The van der Waals surface area contributed by atoms with Gasteiger partial charge in [0.25, 0.3) is 0 Å². The Morgan fingerprint density at radius 1 is 0.483 bits per heavy atom. The van der Waals surface area contributed by atoms with Crippen LogP contribution in [0.25, 0.3) is 0 Å². The Labute approximate surface area is 360 Å². The minimum Gasteiger partial charge on any atom is -0.466 e. The lowest BCUT2D eigenvalue weighted by Gasteiger charge is -2.22. The molecule has 0 aromatic rings. The van der Waals surface area contributed by atoms with Crippen molar-refractivity contribution in [3.8, 4) is 0 Å². The predicted octanol–water partition coefficient (Wildman–Crippen LogP) is 14.9. The van der Waals surface area contributed by atoms with Gasteiger partial charge >= 0.3 is 5.97 Å². The van der Waals surface area contributed by atoms with E-state index in [1.54, 1.807) is 0 Å². The highest BCUT2D eigenvalue weighted by Crippen LogP contribution is 2.15. The van der Waals surface area contributed by atoms with E-state index in [0.29, 0.717) is 25.9 Å². The fourth-order valence-corrected chi connectivity index (χ4v) is 7.49. The maximum atomic E-state index is 12.4. The van der Waals surface area contributed by atoms with E-state index in [9.17, 15) is 19.8 Å². The number of esters is 1. The highest BCUT2D eigenvalue weighted by atomic mass is 16.5. The maximum absolute atomic E-state index is 12.4. The van der Waals surface area contributed by atoms with Gasteiger partial charge in [0.2, 0.25) is 5.91 Å². The first-order valence-corrected chi connectivity index (χ1v) is 25.2. The quantitative estimate of drug-likeness (QED) is 0.0323. The van der Waals surface area contributed by atoms with E-state index in [1.165, 1.54) is 141 Å². The fourth-order valence-electron chi connectivity index (χ4n) is 7.49. The monoisotopic (exact) mass is 816 g/mol. The van der Waals surface area contributed by atoms with Crippen molar-refractivity contribution < 1.29 is 24.5 Å². The van der Waals surface area contributed by atoms with Gasteiger partial charge in [-0.3, -0.25) is 9.59 Å². The molecular formula is C52H97NO5. The number of unbranched alkanes of at least 4 members (excludes halogenated alkanes) is 29. The van der Waals surface area contributed by atoms with Crippen LogP contribution >= 0.6 is 0 Å². The first-order chi connectivity index (χ1) is 28.5. The Balaban J connectivity index is 3.51. The second-order valence-electron chi connectivity index (χ2n) is 17.1. The lowest BCUT2D eigenvalue weighted by atomic mass is 10.0. The summed E-state index contributed by atoms with van der Waals surface area (Å²) in [5.41, 5.74) is 0. The van der Waals surface area contributed by atoms with Crippen molar-refractivity contribution in [3.05, 3.63) is 36.5 Å². The topological polar surface area (TPSA) is 95.9 Å². The molecule has 0 aromatic heterocycles. The van der Waals surface area contributed by atoms with Crippen molar-refractivity contribution in [1.29, 1.82) is 0 Å². The number of hydrogen-bond donors (Lipinski definition) is 3. The van der Waals surface area contributed by atoms with Gasteiger partial charge in [0, 0.05) is 12.8 Å². The summed E-state index contributed by atoms with van der Waals surface area (Å²) in [4.78, 5) is 24.4. The van der Waals surface area contributed by atoms with Crippen LogP contribution in [-0.2, 0) is 14.3 Å². The summed E-state index contributed by atoms with van der Waals surface area (Å²) >= 11 is 0. The molecule has 0 radical (unpaired) electrons. The fraction of sp³-hybridized carbons (Fsp3) is 0.846. The highest BCUT2D eigenvalue weighted by Gasteiger charge is 2.20. The third-order valence-electron chi connectivity index (χ3n) is 11.4. The normalized spacial score (nSPS) is 13.0. The van der Waals surface area contributed by atoms with Crippen LogP contribution in [0, 0.1) is 0 Å². The van der Waals surface area contributed by atoms with Crippen molar-refractivity contribution in [2.75, 3.05) is 13.2 Å². The smallest absolute Gasteiger partial charge is 0.305 e. The van der Waals surface area contributed by atoms with Gasteiger partial charge in [0.1, 0.15) is 0 Å². The molecule has 0 aromatic carbocycles. The molecule has 1 amide bonds. The van der Waals surface area contributed by atoms with Gasteiger partial charge in [-0.2, -0.15) is 0 Å². The van der Waals surface area contributed by atoms with Crippen LogP contribution in [0.5, 0.6) is 0 Å². The highest BCUT2D eigenvalue weighted by molar-refractivity contribution is 5.76. The van der Waals surface area contributed by atoms with Crippen LogP contribution in [0.3, 0.4) is 0 Å². The Bertz CT molecular complexity index is 946. The molecule has 340 valence electrons. The van der Waals surface area contributed by atoms with Crippen molar-refractivity contribution in [2.24, 2.45) is 0 Å². The Kier molecular flexibility index (Phi) is 46.2. The van der Waals surface area contributed by atoms with Crippen molar-refractivity contribution >= 4 is 11.9 Å². The summed E-state index contributed by atoms with van der Waals surface area (Å²) < 4.78 is 5.44. The van der Waals surface area contributed by atoms with Gasteiger partial charge in [-0.1, -0.05) is 192 Å². The molecule has 0 aliphatic carbocycles. The van der Waals surface area contributed by atoms with Crippen LogP contribution in [0.15, 0.2) is 36.5 Å². The molecule has 0 bridgehead atoms. The zero-order chi connectivity index (χ0) is 42.3. The summed E-state index contributed by atoms with van der Waals surface area (Å²) in [6.07, 6.45) is 56.8. The number of aliphatic hydroxyl groups is 2. The molecular weight excluding hydrogens is 719 g/mol. The molecule has 0 heterocycles. The summed E-state index contributed by atoms with van der Waals surface area (Å²) in [6, 6.07) is -0.560. The standard InChI is InChI=1S/C52H97NO5/c1-3-5-7-9-11-13-15-17-18-19-20-21-26-30-34-38-42-46-52(57)58-47-43-39-35-31-27-23-22-25-29-33-37-41-45-51(56)53-49(48-54)50(55)44-40-36-32-28-24-16-14-12-10-8-6-4-2/h11,13,17-18,23,27,49-50,54-55H,3-10,12,14-16,19-22,24-26,28-48H2,1-2H3,(H,53,56)/b13-11-,18-17-,27-23-. The first kappa shape index (κ1) is 56.1. The number of aliphatic hydroxyl groups excluding tert-OH is 2. The van der Waals surface area contributed by atoms with Gasteiger partial charge in [-0.25, -0.2) is 0 Å². The summed E-state index contributed by atoms with van der Waals surface area (Å²) in [5.74, 6) is -0.0941. The number of rotatable bonds is 46. The van der Waals surface area contributed by atoms with E-state index in [0.717, 1.165) is 83.5 Å². The molecule has 2 atom stereocenters. The van der Waals surface area contributed by atoms with Gasteiger partial charge < -0.3 is 20.3 Å². The van der Waals surface area contributed by atoms with E-state index in [2.05, 4.69) is 55.6 Å². The summed E-state index contributed by atoms with van der Waals surface area (Å²) in [5, 5.41) is 23.1. The van der Waals surface area contributed by atoms with Crippen molar-refractivity contribution in [2.45, 2.75) is 270 Å². The number of carbonyl (C=O) groups excluding carboxylic acids is 2. The summed E-state index contributed by atoms with van der Waals surface area (Å²) in [7, 11) is 0. The number of hydrogen-bond acceptors (Lipinski definition) is 5. The number of amides is 1. The van der Waals surface area contributed by atoms with E-state index >= 15 is 0 Å². The molecule has 0 saturated heterocycles. The SMILES string of the molecule is CCCCC/C=C\C/C=C\CCCCCCCCCC(=O)OCCCCC/C=C\CCCCCCCC(=O)NC(CO)C(O)CCCCCCCCCCCCCC. The van der Waals surface area contributed by atoms with Crippen LogP contribution in [0.4, 0.5) is 0 Å². The third-order valence-corrected chi connectivity index (χ3v) is 11.4. The lowest BCUT2D eigenvalue weighted by molar-refractivity contribution is -0.143. The van der Waals surface area contributed by atoms with Gasteiger partial charge in [0.15, 0.2) is 0 Å². The Morgan fingerprint density at radius 2 is 0.862 bits per heavy atom. The van der Waals surface area contributed by atoms with Gasteiger partial charge in [0.05, 0.1) is 25.4 Å². The predicted molar refractivity (Wildman–Crippen MR) is 250 cm³/mol. The Morgan fingerprint density at radius 3 is 1.36 bits per heavy atom. The molecule has 0 aliphatic rings. The van der Waals surface area contributed by atoms with Crippen LogP contribution in [0.2, 0.25) is 0 Å². The van der Waals surface area contributed by atoms with Crippen molar-refractivity contribution in [1.82, 2.24) is 5.32 Å². The van der Waals surface area contributed by atoms with Crippen LogP contribution < -0.4 is 5.32 Å². The zero-order valence-corrected chi connectivity index (χ0v) is 38.5. The molecule has 0 aliphatic heterocycles. The van der Waals surface area contributed by atoms with E-state index < -0.39 is 12.1 Å². The lowest BCUT2D eigenvalue weighted by Crippen LogP contribution is -2.45. The van der Waals surface area contributed by atoms with Crippen molar-refractivity contribution in [3.63, 3.8) is 0 Å². The largest absolute Gasteiger partial charge is 0.466 e. The van der Waals surface area contributed by atoms with Gasteiger partial charge in [-0.15, -0.1) is 0 Å².